The molecule has 1 saturated heterocycles. The second-order valence-corrected chi connectivity index (χ2v) is 8.05. The molecular weight excluding hydrogens is 462 g/mol. The number of rotatable bonds is 7. The van der Waals surface area contributed by atoms with Crippen molar-refractivity contribution in [2.45, 2.75) is 0 Å². The van der Waals surface area contributed by atoms with Crippen molar-refractivity contribution in [3.63, 3.8) is 0 Å². The van der Waals surface area contributed by atoms with Crippen LogP contribution in [0.2, 0.25) is 0 Å². The van der Waals surface area contributed by atoms with Crippen LogP contribution in [0.4, 0.5) is 16.2 Å². The molecule has 4 rings (SSSR count). The van der Waals surface area contributed by atoms with Gasteiger partial charge in [-0.1, -0.05) is 12.1 Å². The molecule has 1 fully saturated rings. The first-order chi connectivity index (χ1) is 16.3. The van der Waals surface area contributed by atoms with Gasteiger partial charge in [0.05, 0.1) is 16.9 Å². The Morgan fingerprint density at radius 1 is 1.18 bits per heavy atom. The van der Waals surface area contributed by atoms with Crippen LogP contribution in [-0.2, 0) is 9.59 Å². The molecule has 0 radical (unpaired) electrons. The van der Waals surface area contributed by atoms with E-state index in [1.165, 1.54) is 31.4 Å². The summed E-state index contributed by atoms with van der Waals surface area (Å²) in [4.78, 5) is 48.8. The number of anilines is 1. The Bertz CT molecular complexity index is 1310. The van der Waals surface area contributed by atoms with Crippen LogP contribution in [0.25, 0.3) is 17.4 Å². The lowest BCUT2D eigenvalue weighted by Gasteiger charge is -2.12. The van der Waals surface area contributed by atoms with Gasteiger partial charge in [-0.15, -0.1) is 0 Å². The maximum atomic E-state index is 12.7. The summed E-state index contributed by atoms with van der Waals surface area (Å²) in [6.45, 7) is -0.439. The summed E-state index contributed by atoms with van der Waals surface area (Å²) in [6, 6.07) is 15.7. The summed E-state index contributed by atoms with van der Waals surface area (Å²) < 4.78 is 10.7. The molecule has 1 N–H and O–H groups in total. The number of amides is 3. The number of carbonyl (C=O) groups is 3. The van der Waals surface area contributed by atoms with Crippen molar-refractivity contribution in [1.82, 2.24) is 4.90 Å². The second-order valence-electron chi connectivity index (χ2n) is 7.05. The summed E-state index contributed by atoms with van der Waals surface area (Å²) in [5.41, 5.74) is 0.916. The first-order valence-corrected chi connectivity index (χ1v) is 10.7. The maximum Gasteiger partial charge on any atom is 0.294 e. The van der Waals surface area contributed by atoms with Crippen LogP contribution < -0.4 is 10.1 Å². The van der Waals surface area contributed by atoms with Gasteiger partial charge >= 0.3 is 0 Å². The zero-order valence-corrected chi connectivity index (χ0v) is 18.5. The maximum absolute atomic E-state index is 12.7. The van der Waals surface area contributed by atoms with Gasteiger partial charge in [0.15, 0.2) is 0 Å². The van der Waals surface area contributed by atoms with E-state index >= 15 is 0 Å². The molecule has 0 bridgehead atoms. The first-order valence-electron chi connectivity index (χ1n) is 9.88. The fourth-order valence-electron chi connectivity index (χ4n) is 3.14. The Kier molecular flexibility index (Phi) is 6.46. The number of hydrogen-bond donors (Lipinski definition) is 1. The van der Waals surface area contributed by atoms with Crippen molar-refractivity contribution >= 4 is 46.3 Å². The Hall–Kier alpha value is -4.38. The molecule has 0 spiro atoms. The van der Waals surface area contributed by atoms with Crippen LogP contribution >= 0.6 is 11.8 Å². The molecule has 0 saturated carbocycles. The monoisotopic (exact) mass is 479 g/mol. The van der Waals surface area contributed by atoms with Crippen molar-refractivity contribution in [2.75, 3.05) is 19.0 Å². The molecule has 3 aromatic rings. The number of nitro benzene ring substituents is 1. The number of nitrogens with one attached hydrogen (secondary N) is 1. The van der Waals surface area contributed by atoms with Crippen LogP contribution in [0.1, 0.15) is 5.76 Å². The molecule has 10 nitrogen and oxygen atoms in total. The Morgan fingerprint density at radius 3 is 2.65 bits per heavy atom. The van der Waals surface area contributed by atoms with Gasteiger partial charge in [-0.3, -0.25) is 29.4 Å². The summed E-state index contributed by atoms with van der Waals surface area (Å²) in [6.07, 6.45) is 1.40. The summed E-state index contributed by atoms with van der Waals surface area (Å²) in [5, 5.41) is 13.0. The van der Waals surface area contributed by atoms with Crippen molar-refractivity contribution < 1.29 is 28.5 Å². The highest BCUT2D eigenvalue weighted by Crippen LogP contribution is 2.33. The number of non-ortho nitro benzene ring substituents is 1. The van der Waals surface area contributed by atoms with Gasteiger partial charge in [0.1, 0.15) is 23.8 Å². The molecule has 34 heavy (non-hydrogen) atoms. The molecule has 2 aromatic carbocycles. The zero-order valence-electron chi connectivity index (χ0n) is 17.7. The minimum absolute atomic E-state index is 0.0792. The molecule has 172 valence electrons. The van der Waals surface area contributed by atoms with Crippen molar-refractivity contribution in [3.8, 4) is 17.1 Å². The number of thioether (sulfide) groups is 1. The van der Waals surface area contributed by atoms with Gasteiger partial charge in [0.2, 0.25) is 5.91 Å². The van der Waals surface area contributed by atoms with Gasteiger partial charge in [-0.05, 0) is 48.2 Å². The fourth-order valence-corrected chi connectivity index (χ4v) is 3.96. The molecular formula is C23H17N3O7S. The Labute approximate surface area is 197 Å². The first kappa shape index (κ1) is 22.8. The predicted molar refractivity (Wildman–Crippen MR) is 125 cm³/mol. The lowest BCUT2D eigenvalue weighted by molar-refractivity contribution is -0.384. The molecule has 0 aliphatic carbocycles. The predicted octanol–water partition coefficient (Wildman–Crippen LogP) is 4.54. The fraction of sp³-hybridized carbons (Fsp3) is 0.0870. The van der Waals surface area contributed by atoms with Gasteiger partial charge < -0.3 is 14.5 Å². The number of ether oxygens (including phenoxy) is 1. The van der Waals surface area contributed by atoms with Crippen LogP contribution in [-0.4, -0.2) is 40.5 Å². The van der Waals surface area contributed by atoms with Gasteiger partial charge in [-0.2, -0.15) is 0 Å². The Morgan fingerprint density at radius 2 is 1.94 bits per heavy atom. The van der Waals surface area contributed by atoms with Gasteiger partial charge in [-0.25, -0.2) is 0 Å². The highest BCUT2D eigenvalue weighted by molar-refractivity contribution is 8.18. The molecule has 2 heterocycles. The van der Waals surface area contributed by atoms with Crippen molar-refractivity contribution in [1.29, 1.82) is 0 Å². The van der Waals surface area contributed by atoms with E-state index in [1.54, 1.807) is 42.5 Å². The number of benzene rings is 2. The lowest BCUT2D eigenvalue weighted by atomic mass is 10.1. The third kappa shape index (κ3) is 4.99. The quantitative estimate of drug-likeness (QED) is 0.297. The number of nitro groups is 1. The topological polar surface area (TPSA) is 132 Å². The number of carbonyl (C=O) groups excluding carboxylic acids is 3. The number of imide groups is 1. The third-order valence-electron chi connectivity index (χ3n) is 4.79. The molecule has 1 aliphatic heterocycles. The normalized spacial score (nSPS) is 14.5. The van der Waals surface area contributed by atoms with Crippen molar-refractivity contribution in [2.24, 2.45) is 0 Å². The van der Waals surface area contributed by atoms with Crippen LogP contribution in [0.15, 0.2) is 70.0 Å². The van der Waals surface area contributed by atoms with E-state index in [9.17, 15) is 24.5 Å². The third-order valence-corrected chi connectivity index (χ3v) is 5.70. The second kappa shape index (κ2) is 9.63. The standard InChI is InChI=1S/C23H17N3O7S/c1-32-17-7-5-15(6-8-17)24-21(27)13-25-22(28)20(34-23(25)29)12-18-9-10-19(33-18)14-3-2-4-16(11-14)26(30)31/h2-12H,13H2,1H3,(H,24,27)/b20-12+. The highest BCUT2D eigenvalue weighted by Gasteiger charge is 2.36. The molecule has 0 unspecified atom stereocenters. The summed E-state index contributed by atoms with van der Waals surface area (Å²) in [5.74, 6) is 0.135. The minimum Gasteiger partial charge on any atom is -0.497 e. The molecule has 0 atom stereocenters. The van der Waals surface area contributed by atoms with E-state index in [-0.39, 0.29) is 16.4 Å². The van der Waals surface area contributed by atoms with Crippen LogP contribution in [0.5, 0.6) is 5.75 Å². The molecule has 3 amide bonds. The molecule has 1 aromatic heterocycles. The Balaban J connectivity index is 1.44. The van der Waals surface area contributed by atoms with Gasteiger partial charge in [0, 0.05) is 29.5 Å². The SMILES string of the molecule is COc1ccc(NC(=O)CN2C(=O)S/C(=C/c3ccc(-c4cccc([N+](=O)[O-])c4)o3)C2=O)cc1. The highest BCUT2D eigenvalue weighted by atomic mass is 32.2. The van der Waals surface area contributed by atoms with Crippen LogP contribution in [0, 0.1) is 10.1 Å². The minimum atomic E-state index is -0.617. The van der Waals surface area contributed by atoms with E-state index in [0.29, 0.717) is 34.5 Å². The lowest BCUT2D eigenvalue weighted by Crippen LogP contribution is -2.36. The molecule has 11 heteroatoms. The average molecular weight is 479 g/mol. The van der Waals surface area contributed by atoms with E-state index in [1.807, 2.05) is 0 Å². The van der Waals surface area contributed by atoms with E-state index in [2.05, 4.69) is 5.32 Å². The van der Waals surface area contributed by atoms with E-state index in [4.69, 9.17) is 9.15 Å². The molecule has 1 aliphatic rings. The summed E-state index contributed by atoms with van der Waals surface area (Å²) in [7, 11) is 1.53. The number of furan rings is 1. The van der Waals surface area contributed by atoms with E-state index < -0.39 is 28.5 Å². The number of methoxy groups -OCH3 is 1. The van der Waals surface area contributed by atoms with Gasteiger partial charge in [0.25, 0.3) is 16.8 Å². The largest absolute Gasteiger partial charge is 0.497 e. The zero-order chi connectivity index (χ0) is 24.2. The van der Waals surface area contributed by atoms with Crippen molar-refractivity contribution in [3.05, 3.63) is 81.4 Å². The van der Waals surface area contributed by atoms with E-state index in [0.717, 1.165) is 4.90 Å². The smallest absolute Gasteiger partial charge is 0.294 e. The number of hydrogen-bond acceptors (Lipinski definition) is 8. The average Bonchev–Trinajstić information content (AvgIpc) is 3.40. The van der Waals surface area contributed by atoms with Crippen LogP contribution in [0.3, 0.4) is 0 Å². The number of nitrogens with zero attached hydrogens (tertiary/aromatic N) is 2. The summed E-state index contributed by atoms with van der Waals surface area (Å²) >= 11 is 0.694.